The van der Waals surface area contributed by atoms with Crippen LogP contribution in [-0.2, 0) is 16.1 Å². The van der Waals surface area contributed by atoms with Gasteiger partial charge in [-0.05, 0) is 13.8 Å². The summed E-state index contributed by atoms with van der Waals surface area (Å²) in [7, 11) is 0. The molecule has 7 nitrogen and oxygen atoms in total. The Morgan fingerprint density at radius 1 is 1.50 bits per heavy atom. The molecule has 3 N–H and O–H groups in total. The highest BCUT2D eigenvalue weighted by Gasteiger charge is 2.15. The van der Waals surface area contributed by atoms with Gasteiger partial charge in [0, 0.05) is 13.1 Å². The molecule has 100 valence electrons. The standard InChI is InChI=1S/C11H18N4O3/c1-3-15-10(8(12)7-14-15)11(17)13-6-5-9(16)18-4-2/h7H,3-6,12H2,1-2H3,(H,13,17). The van der Waals surface area contributed by atoms with Crippen molar-refractivity contribution in [2.75, 3.05) is 18.9 Å². The molecule has 1 heterocycles. The van der Waals surface area contributed by atoms with Crippen LogP contribution >= 0.6 is 0 Å². The number of hydrogen-bond donors (Lipinski definition) is 2. The Balaban J connectivity index is 2.50. The van der Waals surface area contributed by atoms with E-state index >= 15 is 0 Å². The zero-order valence-corrected chi connectivity index (χ0v) is 10.6. The van der Waals surface area contributed by atoms with E-state index in [0.29, 0.717) is 24.5 Å². The number of esters is 1. The largest absolute Gasteiger partial charge is 0.466 e. The molecule has 1 aromatic heterocycles. The lowest BCUT2D eigenvalue weighted by atomic mass is 10.3. The molecule has 0 unspecified atom stereocenters. The van der Waals surface area contributed by atoms with Gasteiger partial charge in [0.15, 0.2) is 0 Å². The van der Waals surface area contributed by atoms with Gasteiger partial charge in [0.1, 0.15) is 5.69 Å². The van der Waals surface area contributed by atoms with Gasteiger partial charge in [-0.15, -0.1) is 0 Å². The molecule has 18 heavy (non-hydrogen) atoms. The van der Waals surface area contributed by atoms with Crippen molar-refractivity contribution in [3.05, 3.63) is 11.9 Å². The monoisotopic (exact) mass is 254 g/mol. The van der Waals surface area contributed by atoms with Crippen LogP contribution in [0.1, 0.15) is 30.8 Å². The lowest BCUT2D eigenvalue weighted by Crippen LogP contribution is -2.29. The van der Waals surface area contributed by atoms with E-state index in [9.17, 15) is 9.59 Å². The molecule has 1 aromatic rings. The van der Waals surface area contributed by atoms with Crippen LogP contribution in [0, 0.1) is 0 Å². The molecule has 0 radical (unpaired) electrons. The number of nitrogens with two attached hydrogens (primary N) is 1. The second-order valence-electron chi connectivity index (χ2n) is 3.58. The SMILES string of the molecule is CCOC(=O)CCNC(=O)c1c(N)cnn1CC. The third-order valence-electron chi connectivity index (χ3n) is 2.30. The van der Waals surface area contributed by atoms with Gasteiger partial charge in [-0.1, -0.05) is 0 Å². The topological polar surface area (TPSA) is 99.2 Å². The molecule has 1 rings (SSSR count). The van der Waals surface area contributed by atoms with Gasteiger partial charge >= 0.3 is 5.97 Å². The second kappa shape index (κ2) is 6.63. The van der Waals surface area contributed by atoms with Gasteiger partial charge in [-0.3, -0.25) is 14.3 Å². The van der Waals surface area contributed by atoms with E-state index in [0.717, 1.165) is 0 Å². The van der Waals surface area contributed by atoms with Crippen LogP contribution < -0.4 is 11.1 Å². The molecule has 0 atom stereocenters. The molecule has 0 aliphatic rings. The van der Waals surface area contributed by atoms with E-state index < -0.39 is 0 Å². The average Bonchev–Trinajstić information content (AvgIpc) is 2.70. The molecule has 0 spiro atoms. The first-order valence-corrected chi connectivity index (χ1v) is 5.85. The molecular weight excluding hydrogens is 236 g/mol. The smallest absolute Gasteiger partial charge is 0.307 e. The number of hydrogen-bond acceptors (Lipinski definition) is 5. The van der Waals surface area contributed by atoms with Gasteiger partial charge in [-0.25, -0.2) is 0 Å². The molecule has 1 amide bonds. The van der Waals surface area contributed by atoms with Gasteiger partial charge in [-0.2, -0.15) is 5.10 Å². The van der Waals surface area contributed by atoms with Crippen LogP contribution in [0.4, 0.5) is 5.69 Å². The summed E-state index contributed by atoms with van der Waals surface area (Å²) >= 11 is 0. The second-order valence-corrected chi connectivity index (χ2v) is 3.58. The first-order chi connectivity index (χ1) is 8.60. The fourth-order valence-corrected chi connectivity index (χ4v) is 1.48. The maximum Gasteiger partial charge on any atom is 0.307 e. The van der Waals surface area contributed by atoms with E-state index in [1.165, 1.54) is 10.9 Å². The summed E-state index contributed by atoms with van der Waals surface area (Å²) in [5, 5.41) is 6.58. The number of aromatic nitrogens is 2. The fraction of sp³-hybridized carbons (Fsp3) is 0.545. The van der Waals surface area contributed by atoms with Gasteiger partial charge < -0.3 is 15.8 Å². The minimum atomic E-state index is -0.338. The van der Waals surface area contributed by atoms with Crippen molar-refractivity contribution in [2.24, 2.45) is 0 Å². The van der Waals surface area contributed by atoms with Crippen LogP contribution in [-0.4, -0.2) is 34.8 Å². The number of carbonyl (C=O) groups excluding carboxylic acids is 2. The minimum Gasteiger partial charge on any atom is -0.466 e. The Bertz CT molecular complexity index is 428. The first-order valence-electron chi connectivity index (χ1n) is 5.85. The number of aryl methyl sites for hydroxylation is 1. The Kier molecular flexibility index (Phi) is 5.16. The van der Waals surface area contributed by atoms with Gasteiger partial charge in [0.2, 0.25) is 0 Å². The van der Waals surface area contributed by atoms with E-state index in [2.05, 4.69) is 10.4 Å². The third-order valence-corrected chi connectivity index (χ3v) is 2.30. The maximum absolute atomic E-state index is 11.8. The molecule has 0 fully saturated rings. The maximum atomic E-state index is 11.8. The number of ether oxygens (including phenoxy) is 1. The Labute approximate surface area is 105 Å². The fourth-order valence-electron chi connectivity index (χ4n) is 1.48. The van der Waals surface area contributed by atoms with E-state index in [1.807, 2.05) is 6.92 Å². The van der Waals surface area contributed by atoms with Crippen molar-refractivity contribution in [1.29, 1.82) is 0 Å². The number of nitrogens with zero attached hydrogens (tertiary/aromatic N) is 2. The average molecular weight is 254 g/mol. The molecule has 0 saturated carbocycles. The number of amides is 1. The zero-order valence-electron chi connectivity index (χ0n) is 10.6. The molecular formula is C11H18N4O3. The van der Waals surface area contributed by atoms with Crippen molar-refractivity contribution in [1.82, 2.24) is 15.1 Å². The summed E-state index contributed by atoms with van der Waals surface area (Å²) in [4.78, 5) is 22.9. The summed E-state index contributed by atoms with van der Waals surface area (Å²) in [5.41, 5.74) is 6.31. The van der Waals surface area contributed by atoms with Crippen molar-refractivity contribution in [2.45, 2.75) is 26.8 Å². The summed E-state index contributed by atoms with van der Waals surface area (Å²) in [6.45, 7) is 4.70. The molecule has 0 aliphatic heterocycles. The molecule has 0 saturated heterocycles. The zero-order chi connectivity index (χ0) is 13.5. The number of nitrogen functional groups attached to an aromatic ring is 1. The van der Waals surface area contributed by atoms with Gasteiger partial charge in [0.25, 0.3) is 5.91 Å². The Morgan fingerprint density at radius 2 is 2.22 bits per heavy atom. The van der Waals surface area contributed by atoms with Crippen LogP contribution in [0.2, 0.25) is 0 Å². The summed E-state index contributed by atoms with van der Waals surface area (Å²) < 4.78 is 6.26. The van der Waals surface area contributed by atoms with Crippen molar-refractivity contribution in [3.8, 4) is 0 Å². The number of anilines is 1. The summed E-state index contributed by atoms with van der Waals surface area (Å²) in [5.74, 6) is -0.675. The van der Waals surface area contributed by atoms with E-state index in [1.54, 1.807) is 6.92 Å². The highest BCUT2D eigenvalue weighted by Crippen LogP contribution is 2.10. The highest BCUT2D eigenvalue weighted by atomic mass is 16.5. The molecule has 0 aromatic carbocycles. The third kappa shape index (κ3) is 3.47. The predicted octanol–water partition coefficient (Wildman–Crippen LogP) is 0.168. The Hall–Kier alpha value is -2.05. The Morgan fingerprint density at radius 3 is 2.83 bits per heavy atom. The normalized spacial score (nSPS) is 10.1. The van der Waals surface area contributed by atoms with E-state index in [4.69, 9.17) is 10.5 Å². The quantitative estimate of drug-likeness (QED) is 0.705. The molecule has 0 bridgehead atoms. The lowest BCUT2D eigenvalue weighted by molar-refractivity contribution is -0.142. The minimum absolute atomic E-state index is 0.139. The molecule has 0 aliphatic carbocycles. The highest BCUT2D eigenvalue weighted by molar-refractivity contribution is 5.97. The van der Waals surface area contributed by atoms with Crippen molar-refractivity contribution in [3.63, 3.8) is 0 Å². The summed E-state index contributed by atoms with van der Waals surface area (Å²) in [6.07, 6.45) is 1.57. The predicted molar refractivity (Wildman–Crippen MR) is 65.9 cm³/mol. The van der Waals surface area contributed by atoms with E-state index in [-0.39, 0.29) is 24.8 Å². The first kappa shape index (κ1) is 14.0. The number of carbonyl (C=O) groups is 2. The summed E-state index contributed by atoms with van der Waals surface area (Å²) in [6, 6.07) is 0. The van der Waals surface area contributed by atoms with Crippen LogP contribution in [0.15, 0.2) is 6.20 Å². The van der Waals surface area contributed by atoms with Crippen molar-refractivity contribution >= 4 is 17.6 Å². The van der Waals surface area contributed by atoms with Crippen LogP contribution in [0.3, 0.4) is 0 Å². The lowest BCUT2D eigenvalue weighted by Gasteiger charge is -2.07. The van der Waals surface area contributed by atoms with Crippen LogP contribution in [0.25, 0.3) is 0 Å². The molecule has 7 heteroatoms. The number of rotatable bonds is 6. The van der Waals surface area contributed by atoms with Crippen molar-refractivity contribution < 1.29 is 14.3 Å². The van der Waals surface area contributed by atoms with Gasteiger partial charge in [0.05, 0.1) is 24.9 Å². The van der Waals surface area contributed by atoms with Crippen LogP contribution in [0.5, 0.6) is 0 Å². The number of nitrogens with one attached hydrogen (secondary N) is 1.